The molecule has 0 spiro atoms. The normalized spacial score (nSPS) is 12.5. The van der Waals surface area contributed by atoms with E-state index in [9.17, 15) is 18.0 Å². The highest BCUT2D eigenvalue weighted by molar-refractivity contribution is 5.73. The molecule has 0 amide bonds. The molecule has 0 saturated heterocycles. The molecule has 2 rings (SSSR count). The fourth-order valence-electron chi connectivity index (χ4n) is 1.81. The number of benzene rings is 2. The standard InChI is InChI=1S/C16H13F3O4/c17-16(18,19)12-8-4-5-9-13(12)22-10-14(15(20)21)23-11-6-2-1-3-7-11/h1-9,14H,10H2,(H,20,21). The van der Waals surface area contributed by atoms with Crippen molar-refractivity contribution in [3.05, 3.63) is 60.2 Å². The Morgan fingerprint density at radius 1 is 1.04 bits per heavy atom. The Morgan fingerprint density at radius 2 is 1.65 bits per heavy atom. The van der Waals surface area contributed by atoms with E-state index in [1.807, 2.05) is 0 Å². The highest BCUT2D eigenvalue weighted by Crippen LogP contribution is 2.35. The van der Waals surface area contributed by atoms with Crippen LogP contribution in [0, 0.1) is 0 Å². The summed E-state index contributed by atoms with van der Waals surface area (Å²) >= 11 is 0. The van der Waals surface area contributed by atoms with Crippen LogP contribution in [0.1, 0.15) is 5.56 Å². The van der Waals surface area contributed by atoms with Crippen molar-refractivity contribution in [2.24, 2.45) is 0 Å². The number of rotatable bonds is 6. The van der Waals surface area contributed by atoms with Crippen molar-refractivity contribution in [2.45, 2.75) is 12.3 Å². The van der Waals surface area contributed by atoms with E-state index < -0.39 is 36.2 Å². The number of para-hydroxylation sites is 2. The van der Waals surface area contributed by atoms with Crippen molar-refractivity contribution in [3.8, 4) is 11.5 Å². The Bertz CT molecular complexity index is 656. The molecule has 122 valence electrons. The van der Waals surface area contributed by atoms with Crippen molar-refractivity contribution in [1.29, 1.82) is 0 Å². The first-order valence-electron chi connectivity index (χ1n) is 6.61. The van der Waals surface area contributed by atoms with E-state index >= 15 is 0 Å². The minimum Gasteiger partial charge on any atom is -0.488 e. The van der Waals surface area contributed by atoms with Crippen LogP contribution >= 0.6 is 0 Å². The van der Waals surface area contributed by atoms with Gasteiger partial charge in [-0.15, -0.1) is 0 Å². The van der Waals surface area contributed by atoms with Gasteiger partial charge in [0.1, 0.15) is 18.1 Å². The van der Waals surface area contributed by atoms with Crippen LogP contribution in [0.15, 0.2) is 54.6 Å². The molecule has 0 aliphatic carbocycles. The molecule has 2 aromatic carbocycles. The van der Waals surface area contributed by atoms with Crippen molar-refractivity contribution < 1.29 is 32.5 Å². The van der Waals surface area contributed by atoms with E-state index in [1.54, 1.807) is 30.3 Å². The van der Waals surface area contributed by atoms with Crippen LogP contribution in [0.5, 0.6) is 11.5 Å². The predicted molar refractivity (Wildman–Crippen MR) is 75.4 cm³/mol. The second-order valence-corrected chi connectivity index (χ2v) is 4.56. The maximum Gasteiger partial charge on any atom is 0.419 e. The lowest BCUT2D eigenvalue weighted by Crippen LogP contribution is -2.33. The van der Waals surface area contributed by atoms with Gasteiger partial charge in [-0.05, 0) is 24.3 Å². The Hall–Kier alpha value is -2.70. The molecule has 0 saturated carbocycles. The van der Waals surface area contributed by atoms with Gasteiger partial charge in [-0.1, -0.05) is 30.3 Å². The summed E-state index contributed by atoms with van der Waals surface area (Å²) in [5, 5.41) is 9.11. The summed E-state index contributed by atoms with van der Waals surface area (Å²) in [6.07, 6.45) is -6.02. The molecule has 23 heavy (non-hydrogen) atoms. The van der Waals surface area contributed by atoms with Crippen LogP contribution in [0.25, 0.3) is 0 Å². The maximum atomic E-state index is 12.9. The van der Waals surface area contributed by atoms with Crippen LogP contribution in [-0.4, -0.2) is 23.8 Å². The van der Waals surface area contributed by atoms with Crippen LogP contribution in [0.4, 0.5) is 13.2 Å². The third-order valence-corrected chi connectivity index (χ3v) is 2.88. The summed E-state index contributed by atoms with van der Waals surface area (Å²) in [6.45, 7) is -0.558. The van der Waals surface area contributed by atoms with Gasteiger partial charge in [0.25, 0.3) is 0 Å². The molecule has 2 aromatic rings. The zero-order valence-electron chi connectivity index (χ0n) is 11.8. The third kappa shape index (κ3) is 4.64. The van der Waals surface area contributed by atoms with Gasteiger partial charge in [0.05, 0.1) is 5.56 Å². The van der Waals surface area contributed by atoms with E-state index in [2.05, 4.69) is 0 Å². The molecule has 0 aliphatic heterocycles. The van der Waals surface area contributed by atoms with Gasteiger partial charge in [-0.2, -0.15) is 13.2 Å². The Kier molecular flexibility index (Phi) is 5.10. The molecular formula is C16H13F3O4. The summed E-state index contributed by atoms with van der Waals surface area (Å²) in [6, 6.07) is 12.7. The number of ether oxygens (including phenoxy) is 2. The third-order valence-electron chi connectivity index (χ3n) is 2.88. The van der Waals surface area contributed by atoms with Gasteiger partial charge in [-0.25, -0.2) is 4.79 Å². The first kappa shape index (κ1) is 16.7. The van der Waals surface area contributed by atoms with Gasteiger partial charge >= 0.3 is 12.1 Å². The second kappa shape index (κ2) is 7.04. The molecule has 0 aromatic heterocycles. The number of hydrogen-bond acceptors (Lipinski definition) is 3. The molecule has 1 unspecified atom stereocenters. The minimum absolute atomic E-state index is 0.285. The van der Waals surface area contributed by atoms with Gasteiger partial charge in [0.15, 0.2) is 0 Å². The monoisotopic (exact) mass is 326 g/mol. The second-order valence-electron chi connectivity index (χ2n) is 4.56. The summed E-state index contributed by atoms with van der Waals surface area (Å²) in [4.78, 5) is 11.2. The molecule has 0 heterocycles. The Labute approximate surface area is 130 Å². The van der Waals surface area contributed by atoms with E-state index in [0.717, 1.165) is 12.1 Å². The first-order chi connectivity index (χ1) is 10.9. The highest BCUT2D eigenvalue weighted by atomic mass is 19.4. The lowest BCUT2D eigenvalue weighted by molar-refractivity contribution is -0.146. The SMILES string of the molecule is O=C(O)C(COc1ccccc1C(F)(F)F)Oc1ccccc1. The predicted octanol–water partition coefficient (Wildman–Crippen LogP) is 3.62. The largest absolute Gasteiger partial charge is 0.488 e. The zero-order valence-corrected chi connectivity index (χ0v) is 11.8. The minimum atomic E-state index is -4.59. The summed E-state index contributed by atoms with van der Waals surface area (Å²) < 4.78 is 48.8. The average molecular weight is 326 g/mol. The molecule has 0 radical (unpaired) electrons. The molecule has 0 fully saturated rings. The van der Waals surface area contributed by atoms with E-state index in [4.69, 9.17) is 14.6 Å². The topological polar surface area (TPSA) is 55.8 Å². The lowest BCUT2D eigenvalue weighted by atomic mass is 10.2. The van der Waals surface area contributed by atoms with E-state index in [1.165, 1.54) is 12.1 Å². The number of hydrogen-bond donors (Lipinski definition) is 1. The molecule has 4 nitrogen and oxygen atoms in total. The first-order valence-corrected chi connectivity index (χ1v) is 6.61. The van der Waals surface area contributed by atoms with Crippen LogP contribution in [0.2, 0.25) is 0 Å². The summed E-state index contributed by atoms with van der Waals surface area (Å²) in [5.74, 6) is -1.49. The molecule has 1 N–H and O–H groups in total. The zero-order chi connectivity index (χ0) is 16.9. The van der Waals surface area contributed by atoms with E-state index in [0.29, 0.717) is 0 Å². The fourth-order valence-corrected chi connectivity index (χ4v) is 1.81. The number of carboxylic acid groups (broad SMARTS) is 1. The van der Waals surface area contributed by atoms with Crippen molar-refractivity contribution >= 4 is 5.97 Å². The lowest BCUT2D eigenvalue weighted by Gasteiger charge is -2.18. The van der Waals surface area contributed by atoms with Crippen LogP contribution < -0.4 is 9.47 Å². The highest BCUT2D eigenvalue weighted by Gasteiger charge is 2.34. The number of halogens is 3. The number of aliphatic carboxylic acids is 1. The fraction of sp³-hybridized carbons (Fsp3) is 0.188. The molecular weight excluding hydrogens is 313 g/mol. The average Bonchev–Trinajstić information content (AvgIpc) is 2.51. The number of carbonyl (C=O) groups is 1. The van der Waals surface area contributed by atoms with Crippen molar-refractivity contribution in [2.75, 3.05) is 6.61 Å². The van der Waals surface area contributed by atoms with Gasteiger partial charge in [-0.3, -0.25) is 0 Å². The van der Waals surface area contributed by atoms with E-state index in [-0.39, 0.29) is 5.75 Å². The Balaban J connectivity index is 2.10. The maximum absolute atomic E-state index is 12.9. The molecule has 0 bridgehead atoms. The number of alkyl halides is 3. The summed E-state index contributed by atoms with van der Waals surface area (Å²) in [7, 11) is 0. The molecule has 0 aliphatic rings. The molecule has 1 atom stereocenters. The van der Waals surface area contributed by atoms with Gasteiger partial charge < -0.3 is 14.6 Å². The Morgan fingerprint density at radius 3 is 2.26 bits per heavy atom. The van der Waals surface area contributed by atoms with Crippen molar-refractivity contribution in [1.82, 2.24) is 0 Å². The van der Waals surface area contributed by atoms with Crippen LogP contribution in [-0.2, 0) is 11.0 Å². The van der Waals surface area contributed by atoms with Crippen molar-refractivity contribution in [3.63, 3.8) is 0 Å². The molecule has 7 heteroatoms. The van der Waals surface area contributed by atoms with Gasteiger partial charge in [0, 0.05) is 0 Å². The smallest absolute Gasteiger partial charge is 0.419 e. The quantitative estimate of drug-likeness (QED) is 0.881. The summed E-state index contributed by atoms with van der Waals surface area (Å²) in [5.41, 5.74) is -0.969. The van der Waals surface area contributed by atoms with Crippen LogP contribution in [0.3, 0.4) is 0 Å². The van der Waals surface area contributed by atoms with Gasteiger partial charge in [0.2, 0.25) is 6.10 Å². The number of carboxylic acids is 1.